The van der Waals surface area contributed by atoms with E-state index in [0.717, 1.165) is 24.6 Å². The topological polar surface area (TPSA) is 45.2 Å². The SMILES string of the molecule is O=C(CCl)Nc1cccnc1N1CCCC1. The van der Waals surface area contributed by atoms with Crippen molar-refractivity contribution in [3.8, 4) is 0 Å². The van der Waals surface area contributed by atoms with E-state index in [4.69, 9.17) is 11.6 Å². The van der Waals surface area contributed by atoms with Gasteiger partial charge in [-0.2, -0.15) is 0 Å². The Hall–Kier alpha value is -1.29. The zero-order valence-electron chi connectivity index (χ0n) is 8.95. The molecular formula is C11H14ClN3O. The molecule has 0 bridgehead atoms. The fraction of sp³-hybridized carbons (Fsp3) is 0.455. The van der Waals surface area contributed by atoms with Crippen molar-refractivity contribution in [1.82, 2.24) is 4.98 Å². The lowest BCUT2D eigenvalue weighted by Crippen LogP contribution is -2.22. The molecule has 0 atom stereocenters. The number of halogens is 1. The van der Waals surface area contributed by atoms with Crippen molar-refractivity contribution >= 4 is 29.0 Å². The van der Waals surface area contributed by atoms with Crippen molar-refractivity contribution in [1.29, 1.82) is 0 Å². The van der Waals surface area contributed by atoms with Crippen molar-refractivity contribution in [2.75, 3.05) is 29.2 Å². The average Bonchev–Trinajstić information content (AvgIpc) is 2.83. The monoisotopic (exact) mass is 239 g/mol. The fourth-order valence-electron chi connectivity index (χ4n) is 1.86. The summed E-state index contributed by atoms with van der Waals surface area (Å²) in [5, 5.41) is 2.76. The molecule has 86 valence electrons. The number of hydrogen-bond acceptors (Lipinski definition) is 3. The van der Waals surface area contributed by atoms with Crippen LogP contribution in [0.15, 0.2) is 18.3 Å². The van der Waals surface area contributed by atoms with Crippen LogP contribution in [-0.2, 0) is 4.79 Å². The quantitative estimate of drug-likeness (QED) is 0.819. The van der Waals surface area contributed by atoms with E-state index in [1.807, 2.05) is 12.1 Å². The molecular weight excluding hydrogens is 226 g/mol. The number of aromatic nitrogens is 1. The molecule has 0 unspecified atom stereocenters. The minimum Gasteiger partial charge on any atom is -0.355 e. The summed E-state index contributed by atoms with van der Waals surface area (Å²) in [5.74, 6) is 0.613. The summed E-state index contributed by atoms with van der Waals surface area (Å²) in [6.07, 6.45) is 4.10. The number of pyridine rings is 1. The average molecular weight is 240 g/mol. The molecule has 0 aromatic carbocycles. The first-order chi connectivity index (χ1) is 7.81. The van der Waals surface area contributed by atoms with E-state index in [-0.39, 0.29) is 11.8 Å². The molecule has 1 N–H and O–H groups in total. The van der Waals surface area contributed by atoms with Crippen molar-refractivity contribution in [3.63, 3.8) is 0 Å². The molecule has 1 aliphatic rings. The molecule has 0 radical (unpaired) electrons. The van der Waals surface area contributed by atoms with Crippen LogP contribution in [-0.4, -0.2) is 29.9 Å². The zero-order valence-corrected chi connectivity index (χ0v) is 9.70. The number of carbonyl (C=O) groups is 1. The summed E-state index contributed by atoms with van der Waals surface area (Å²) in [6.45, 7) is 2.00. The molecule has 4 nitrogen and oxygen atoms in total. The van der Waals surface area contributed by atoms with Gasteiger partial charge in [0.1, 0.15) is 5.88 Å². The molecule has 5 heteroatoms. The molecule has 1 aliphatic heterocycles. The lowest BCUT2D eigenvalue weighted by atomic mass is 10.3. The van der Waals surface area contributed by atoms with E-state index in [9.17, 15) is 4.79 Å². The minimum atomic E-state index is -0.199. The smallest absolute Gasteiger partial charge is 0.239 e. The summed E-state index contributed by atoms with van der Waals surface area (Å²) in [7, 11) is 0. The molecule has 0 saturated carbocycles. The van der Waals surface area contributed by atoms with Gasteiger partial charge in [0.05, 0.1) is 5.69 Å². The van der Waals surface area contributed by atoms with Gasteiger partial charge in [-0.15, -0.1) is 11.6 Å². The second-order valence-corrected chi connectivity index (χ2v) is 4.02. The molecule has 2 heterocycles. The predicted octanol–water partition coefficient (Wildman–Crippen LogP) is 1.86. The Labute approximate surface area is 99.6 Å². The van der Waals surface area contributed by atoms with E-state index < -0.39 is 0 Å². The number of nitrogens with one attached hydrogen (secondary N) is 1. The van der Waals surface area contributed by atoms with Crippen LogP contribution >= 0.6 is 11.6 Å². The second kappa shape index (κ2) is 5.16. The number of rotatable bonds is 3. The second-order valence-electron chi connectivity index (χ2n) is 3.75. The summed E-state index contributed by atoms with van der Waals surface area (Å²) in [5.41, 5.74) is 0.745. The van der Waals surface area contributed by atoms with Gasteiger partial charge >= 0.3 is 0 Å². The summed E-state index contributed by atoms with van der Waals surface area (Å²) in [6, 6.07) is 3.66. The maximum absolute atomic E-state index is 11.3. The first kappa shape index (κ1) is 11.2. The first-order valence-corrected chi connectivity index (χ1v) is 5.90. The molecule has 2 rings (SSSR count). The van der Waals surface area contributed by atoms with Crippen LogP contribution in [0.2, 0.25) is 0 Å². The van der Waals surface area contributed by atoms with E-state index in [1.54, 1.807) is 6.20 Å². The van der Waals surface area contributed by atoms with Crippen LogP contribution in [0, 0.1) is 0 Å². The Kier molecular flexibility index (Phi) is 3.62. The van der Waals surface area contributed by atoms with Crippen LogP contribution in [0.1, 0.15) is 12.8 Å². The van der Waals surface area contributed by atoms with Crippen molar-refractivity contribution in [2.24, 2.45) is 0 Å². The zero-order chi connectivity index (χ0) is 11.4. The summed E-state index contributed by atoms with van der Waals surface area (Å²) in [4.78, 5) is 17.8. The molecule has 0 aliphatic carbocycles. The number of alkyl halides is 1. The molecule has 16 heavy (non-hydrogen) atoms. The molecule has 1 saturated heterocycles. The molecule has 1 amide bonds. The molecule has 0 spiro atoms. The molecule has 1 aromatic heterocycles. The van der Waals surface area contributed by atoms with Crippen molar-refractivity contribution < 1.29 is 4.79 Å². The Morgan fingerprint density at radius 2 is 2.25 bits per heavy atom. The Balaban J connectivity index is 2.19. The highest BCUT2D eigenvalue weighted by Crippen LogP contribution is 2.25. The highest BCUT2D eigenvalue weighted by atomic mass is 35.5. The number of nitrogens with zero attached hydrogens (tertiary/aromatic N) is 2. The van der Waals surface area contributed by atoms with Crippen LogP contribution in [0.25, 0.3) is 0 Å². The summed E-state index contributed by atoms with van der Waals surface area (Å²) >= 11 is 5.47. The van der Waals surface area contributed by atoms with Gasteiger partial charge < -0.3 is 10.2 Å². The maximum atomic E-state index is 11.3. The molecule has 1 aromatic rings. The summed E-state index contributed by atoms with van der Waals surface area (Å²) < 4.78 is 0. The van der Waals surface area contributed by atoms with Crippen LogP contribution in [0.5, 0.6) is 0 Å². The number of anilines is 2. The van der Waals surface area contributed by atoms with E-state index >= 15 is 0 Å². The van der Waals surface area contributed by atoms with Gasteiger partial charge in [-0.25, -0.2) is 4.98 Å². The normalized spacial score (nSPS) is 15.2. The highest BCUT2D eigenvalue weighted by molar-refractivity contribution is 6.29. The largest absolute Gasteiger partial charge is 0.355 e. The van der Waals surface area contributed by atoms with Gasteiger partial charge in [-0.05, 0) is 25.0 Å². The number of amides is 1. The standard InChI is InChI=1S/C11H14ClN3O/c12-8-10(16)14-9-4-3-5-13-11(9)15-6-1-2-7-15/h3-5H,1-2,6-8H2,(H,14,16). The highest BCUT2D eigenvalue weighted by Gasteiger charge is 2.17. The van der Waals surface area contributed by atoms with Gasteiger partial charge in [-0.1, -0.05) is 0 Å². The van der Waals surface area contributed by atoms with Crippen LogP contribution in [0.3, 0.4) is 0 Å². The van der Waals surface area contributed by atoms with E-state index in [1.165, 1.54) is 12.8 Å². The van der Waals surface area contributed by atoms with Crippen molar-refractivity contribution in [3.05, 3.63) is 18.3 Å². The van der Waals surface area contributed by atoms with Crippen LogP contribution < -0.4 is 10.2 Å². The lowest BCUT2D eigenvalue weighted by Gasteiger charge is -2.19. The van der Waals surface area contributed by atoms with Gasteiger partial charge in [-0.3, -0.25) is 4.79 Å². The van der Waals surface area contributed by atoms with E-state index in [2.05, 4.69) is 15.2 Å². The van der Waals surface area contributed by atoms with Crippen LogP contribution in [0.4, 0.5) is 11.5 Å². The third-order valence-electron chi connectivity index (χ3n) is 2.59. The Bertz CT molecular complexity index is 377. The fourth-order valence-corrected chi connectivity index (χ4v) is 1.93. The number of hydrogen-bond donors (Lipinski definition) is 1. The van der Waals surface area contributed by atoms with E-state index in [0.29, 0.717) is 0 Å². The maximum Gasteiger partial charge on any atom is 0.239 e. The van der Waals surface area contributed by atoms with Gasteiger partial charge in [0.25, 0.3) is 0 Å². The van der Waals surface area contributed by atoms with Gasteiger partial charge in [0.15, 0.2) is 5.82 Å². The number of carbonyl (C=O) groups excluding carboxylic acids is 1. The molecule has 1 fully saturated rings. The first-order valence-electron chi connectivity index (χ1n) is 5.37. The lowest BCUT2D eigenvalue weighted by molar-refractivity contribution is -0.113. The minimum absolute atomic E-state index is 0.0334. The Morgan fingerprint density at radius 1 is 1.50 bits per heavy atom. The van der Waals surface area contributed by atoms with Crippen molar-refractivity contribution in [2.45, 2.75) is 12.8 Å². The third-order valence-corrected chi connectivity index (χ3v) is 2.83. The van der Waals surface area contributed by atoms with Gasteiger partial charge in [0, 0.05) is 19.3 Å². The third kappa shape index (κ3) is 2.44. The predicted molar refractivity (Wildman–Crippen MR) is 65.0 cm³/mol. The Morgan fingerprint density at radius 3 is 2.94 bits per heavy atom. The van der Waals surface area contributed by atoms with Gasteiger partial charge in [0.2, 0.25) is 5.91 Å².